The van der Waals surface area contributed by atoms with Gasteiger partial charge in [-0.2, -0.15) is 0 Å². The molecule has 1 aromatic heterocycles. The van der Waals surface area contributed by atoms with Gasteiger partial charge in [0.15, 0.2) is 0 Å². The molecule has 3 rings (SSSR count). The number of rotatable bonds is 6. The molecule has 2 aromatic rings. The van der Waals surface area contributed by atoms with Crippen molar-refractivity contribution >= 4 is 22.8 Å². The summed E-state index contributed by atoms with van der Waals surface area (Å²) in [6.45, 7) is 3.62. The van der Waals surface area contributed by atoms with E-state index < -0.39 is 12.0 Å². The molecule has 1 atom stereocenters. The minimum Gasteiger partial charge on any atom is -0.480 e. The molecule has 1 aliphatic carbocycles. The van der Waals surface area contributed by atoms with Crippen molar-refractivity contribution in [3.8, 4) is 0 Å². The molecular weight excluding hydrogens is 340 g/mol. The number of benzene rings is 1. The predicted molar refractivity (Wildman–Crippen MR) is 105 cm³/mol. The summed E-state index contributed by atoms with van der Waals surface area (Å²) in [4.78, 5) is 28.0. The number of fused-ring (bicyclic) bond motifs is 1. The van der Waals surface area contributed by atoms with Crippen LogP contribution >= 0.6 is 0 Å². The molecule has 0 unspecified atom stereocenters. The molecule has 0 spiro atoms. The number of carbonyl (C=O) groups excluding carboxylic acids is 1. The summed E-state index contributed by atoms with van der Waals surface area (Å²) in [7, 11) is 0. The molecule has 144 valence electrons. The third kappa shape index (κ3) is 4.65. The van der Waals surface area contributed by atoms with Crippen LogP contribution in [0, 0.1) is 11.8 Å². The van der Waals surface area contributed by atoms with Crippen LogP contribution in [-0.2, 0) is 9.59 Å². The molecule has 2 N–H and O–H groups in total. The van der Waals surface area contributed by atoms with Crippen molar-refractivity contribution in [2.24, 2.45) is 11.8 Å². The molecule has 0 radical (unpaired) electrons. The quantitative estimate of drug-likeness (QED) is 0.804. The monoisotopic (exact) mass is 368 g/mol. The van der Waals surface area contributed by atoms with E-state index in [0.717, 1.165) is 31.2 Å². The van der Waals surface area contributed by atoms with E-state index in [4.69, 9.17) is 0 Å². The third-order valence-electron chi connectivity index (χ3n) is 5.69. The van der Waals surface area contributed by atoms with Gasteiger partial charge in [0.1, 0.15) is 6.04 Å². The van der Waals surface area contributed by atoms with Gasteiger partial charge >= 0.3 is 5.97 Å². The zero-order valence-electron chi connectivity index (χ0n) is 16.0. The van der Waals surface area contributed by atoms with Crippen molar-refractivity contribution in [1.82, 2.24) is 10.3 Å². The van der Waals surface area contributed by atoms with Crippen LogP contribution in [-0.4, -0.2) is 28.0 Å². The van der Waals surface area contributed by atoms with Crippen molar-refractivity contribution in [3.63, 3.8) is 0 Å². The third-order valence-corrected chi connectivity index (χ3v) is 5.69. The second kappa shape index (κ2) is 8.51. The lowest BCUT2D eigenvalue weighted by atomic mass is 9.77. The Morgan fingerprint density at radius 1 is 1.15 bits per heavy atom. The average molecular weight is 368 g/mol. The van der Waals surface area contributed by atoms with Crippen LogP contribution < -0.4 is 5.32 Å². The van der Waals surface area contributed by atoms with Gasteiger partial charge < -0.3 is 10.4 Å². The van der Waals surface area contributed by atoms with E-state index in [1.54, 1.807) is 0 Å². The summed E-state index contributed by atoms with van der Waals surface area (Å²) in [6, 6.07) is 9.56. The van der Waals surface area contributed by atoms with E-state index in [1.807, 2.05) is 32.2 Å². The largest absolute Gasteiger partial charge is 0.480 e. The van der Waals surface area contributed by atoms with Crippen molar-refractivity contribution in [2.45, 2.75) is 57.9 Å². The standard InChI is InChI=1S/C22H28N2O3/c1-14(2)21(22(26)27)24-20(25)13-15-7-9-16(10-8-15)17-11-12-23-19-6-4-3-5-18(17)19/h3-6,11-12,14-16,21H,7-10,13H2,1-2H3,(H,24,25)(H,26,27)/t15-,16+,21-/m0/s1. The molecule has 0 bridgehead atoms. The van der Waals surface area contributed by atoms with Crippen LogP contribution in [0.25, 0.3) is 10.9 Å². The Kier molecular flexibility index (Phi) is 6.09. The number of amides is 1. The molecule has 1 amide bonds. The van der Waals surface area contributed by atoms with E-state index in [0.29, 0.717) is 18.3 Å². The summed E-state index contributed by atoms with van der Waals surface area (Å²) in [5, 5.41) is 13.1. The van der Waals surface area contributed by atoms with E-state index >= 15 is 0 Å². The Balaban J connectivity index is 1.57. The van der Waals surface area contributed by atoms with Gasteiger partial charge in [-0.1, -0.05) is 32.0 Å². The van der Waals surface area contributed by atoms with Crippen molar-refractivity contribution in [2.75, 3.05) is 0 Å². The van der Waals surface area contributed by atoms with E-state index in [-0.39, 0.29) is 11.8 Å². The molecule has 1 aliphatic rings. The summed E-state index contributed by atoms with van der Waals surface area (Å²) in [6.07, 6.45) is 6.40. The highest BCUT2D eigenvalue weighted by atomic mass is 16.4. The van der Waals surface area contributed by atoms with Crippen LogP contribution in [0.5, 0.6) is 0 Å². The summed E-state index contributed by atoms with van der Waals surface area (Å²) in [5.41, 5.74) is 2.39. The van der Waals surface area contributed by atoms with Crippen LogP contribution in [0.2, 0.25) is 0 Å². The van der Waals surface area contributed by atoms with Gasteiger partial charge in [0.2, 0.25) is 5.91 Å². The van der Waals surface area contributed by atoms with Gasteiger partial charge in [-0.3, -0.25) is 9.78 Å². The number of carboxylic acid groups (broad SMARTS) is 1. The van der Waals surface area contributed by atoms with Crippen LogP contribution in [0.3, 0.4) is 0 Å². The molecular formula is C22H28N2O3. The molecule has 1 saturated carbocycles. The lowest BCUT2D eigenvalue weighted by Crippen LogP contribution is -2.44. The second-order valence-electron chi connectivity index (χ2n) is 7.97. The molecule has 0 saturated heterocycles. The fraction of sp³-hybridized carbons (Fsp3) is 0.500. The van der Waals surface area contributed by atoms with Crippen molar-refractivity contribution in [3.05, 3.63) is 42.1 Å². The fourth-order valence-electron chi connectivity index (χ4n) is 4.16. The molecule has 5 heteroatoms. The van der Waals surface area contributed by atoms with E-state index in [1.165, 1.54) is 10.9 Å². The lowest BCUT2D eigenvalue weighted by molar-refractivity contribution is -0.143. The molecule has 5 nitrogen and oxygen atoms in total. The first-order valence-electron chi connectivity index (χ1n) is 9.81. The molecule has 1 aromatic carbocycles. The van der Waals surface area contributed by atoms with Crippen LogP contribution in [0.15, 0.2) is 36.5 Å². The maximum atomic E-state index is 12.3. The normalized spacial score (nSPS) is 21.1. The molecule has 0 aliphatic heterocycles. The molecule has 1 fully saturated rings. The van der Waals surface area contributed by atoms with Gasteiger partial charge in [0.25, 0.3) is 0 Å². The molecule has 1 heterocycles. The minimum absolute atomic E-state index is 0.123. The highest BCUT2D eigenvalue weighted by Gasteiger charge is 2.28. The number of hydrogen-bond donors (Lipinski definition) is 2. The van der Waals surface area contributed by atoms with Gasteiger partial charge in [0, 0.05) is 18.0 Å². The first kappa shape index (κ1) is 19.3. The zero-order valence-corrected chi connectivity index (χ0v) is 16.0. The Morgan fingerprint density at radius 3 is 2.52 bits per heavy atom. The van der Waals surface area contributed by atoms with Gasteiger partial charge in [-0.05, 0) is 61.1 Å². The first-order valence-corrected chi connectivity index (χ1v) is 9.81. The van der Waals surface area contributed by atoms with Gasteiger partial charge in [0.05, 0.1) is 5.52 Å². The molecule has 27 heavy (non-hydrogen) atoms. The highest BCUT2D eigenvalue weighted by Crippen LogP contribution is 2.39. The minimum atomic E-state index is -0.966. The Morgan fingerprint density at radius 2 is 1.85 bits per heavy atom. The zero-order chi connectivity index (χ0) is 19.4. The number of aliphatic carboxylic acids is 1. The topological polar surface area (TPSA) is 79.3 Å². The Labute approximate surface area is 160 Å². The van der Waals surface area contributed by atoms with E-state index in [9.17, 15) is 14.7 Å². The summed E-state index contributed by atoms with van der Waals surface area (Å²) in [5.74, 6) is -0.404. The first-order chi connectivity index (χ1) is 13.0. The second-order valence-corrected chi connectivity index (χ2v) is 7.97. The van der Waals surface area contributed by atoms with Crippen molar-refractivity contribution in [1.29, 1.82) is 0 Å². The number of hydrogen-bond acceptors (Lipinski definition) is 3. The van der Waals surface area contributed by atoms with Gasteiger partial charge in [-0.25, -0.2) is 4.79 Å². The SMILES string of the molecule is CC(C)[C@H](NC(=O)C[C@H]1CC[C@@H](c2ccnc3ccccc32)CC1)C(=O)O. The predicted octanol–water partition coefficient (Wildman–Crippen LogP) is 4.12. The Hall–Kier alpha value is -2.43. The van der Waals surface area contributed by atoms with Gasteiger partial charge in [-0.15, -0.1) is 0 Å². The number of nitrogens with zero attached hydrogens (tertiary/aromatic N) is 1. The number of pyridine rings is 1. The number of carbonyl (C=O) groups is 2. The van der Waals surface area contributed by atoms with Crippen LogP contribution in [0.1, 0.15) is 57.4 Å². The summed E-state index contributed by atoms with van der Waals surface area (Å²) >= 11 is 0. The number of para-hydroxylation sites is 1. The Bertz CT molecular complexity index is 805. The maximum Gasteiger partial charge on any atom is 0.326 e. The maximum absolute atomic E-state index is 12.3. The average Bonchev–Trinajstić information content (AvgIpc) is 2.66. The number of nitrogens with one attached hydrogen (secondary N) is 1. The smallest absolute Gasteiger partial charge is 0.326 e. The summed E-state index contributed by atoms with van der Waals surface area (Å²) < 4.78 is 0. The van der Waals surface area contributed by atoms with Crippen LogP contribution in [0.4, 0.5) is 0 Å². The number of aromatic nitrogens is 1. The van der Waals surface area contributed by atoms with Crippen molar-refractivity contribution < 1.29 is 14.7 Å². The number of carboxylic acids is 1. The fourth-order valence-corrected chi connectivity index (χ4v) is 4.16. The lowest BCUT2D eigenvalue weighted by Gasteiger charge is -2.29. The highest BCUT2D eigenvalue weighted by molar-refractivity contribution is 5.84. The van der Waals surface area contributed by atoms with E-state index in [2.05, 4.69) is 28.5 Å².